The Labute approximate surface area is 118 Å². The fraction of sp³-hybridized carbons (Fsp3) is 0.500. The van der Waals surface area contributed by atoms with Crippen molar-refractivity contribution in [1.29, 1.82) is 0 Å². The van der Waals surface area contributed by atoms with E-state index in [1.807, 2.05) is 26.0 Å². The Morgan fingerprint density at radius 3 is 2.60 bits per heavy atom. The third-order valence-corrected chi connectivity index (χ3v) is 2.77. The van der Waals surface area contributed by atoms with Gasteiger partial charge in [-0.15, -0.1) is 0 Å². The Balaban J connectivity index is 2.57. The highest BCUT2D eigenvalue weighted by atomic mass is 16.4. The Bertz CT molecular complexity index is 448. The van der Waals surface area contributed by atoms with Gasteiger partial charge in [0.25, 0.3) is 0 Å². The van der Waals surface area contributed by atoms with E-state index < -0.39 is 18.0 Å². The summed E-state index contributed by atoms with van der Waals surface area (Å²) in [6, 6.07) is 4.17. The second-order valence-electron chi connectivity index (χ2n) is 5.15. The number of carboxylic acid groups (broad SMARTS) is 1. The molecule has 6 heteroatoms. The van der Waals surface area contributed by atoms with Gasteiger partial charge in [-0.1, -0.05) is 19.9 Å². The summed E-state index contributed by atoms with van der Waals surface area (Å²) in [6.45, 7) is 4.17. The molecule has 1 heterocycles. The van der Waals surface area contributed by atoms with Crippen molar-refractivity contribution in [2.45, 2.75) is 32.9 Å². The number of hydrogen-bond acceptors (Lipinski definition) is 3. The van der Waals surface area contributed by atoms with Crippen LogP contribution >= 0.6 is 0 Å². The summed E-state index contributed by atoms with van der Waals surface area (Å²) in [5, 5.41) is 11.6. The Kier molecular flexibility index (Phi) is 5.96. The molecule has 0 aromatic carbocycles. The van der Waals surface area contributed by atoms with Crippen molar-refractivity contribution in [3.05, 3.63) is 30.1 Å². The zero-order valence-electron chi connectivity index (χ0n) is 12.0. The molecule has 6 nitrogen and oxygen atoms in total. The molecule has 0 fully saturated rings. The number of nitrogens with zero attached hydrogens (tertiary/aromatic N) is 2. The lowest BCUT2D eigenvalue weighted by atomic mass is 10.0. The molecule has 0 radical (unpaired) electrons. The summed E-state index contributed by atoms with van der Waals surface area (Å²) in [5.74, 6) is -0.823. The lowest BCUT2D eigenvalue weighted by Gasteiger charge is -2.22. The van der Waals surface area contributed by atoms with Crippen LogP contribution in [-0.2, 0) is 11.3 Å². The van der Waals surface area contributed by atoms with E-state index in [0.29, 0.717) is 13.0 Å². The highest BCUT2D eigenvalue weighted by Crippen LogP contribution is 2.06. The van der Waals surface area contributed by atoms with Crippen molar-refractivity contribution >= 4 is 12.0 Å². The molecule has 0 bridgehead atoms. The smallest absolute Gasteiger partial charge is 0.326 e. The minimum absolute atomic E-state index is 0.192. The molecule has 1 aromatic heterocycles. The molecule has 1 rings (SSSR count). The minimum Gasteiger partial charge on any atom is -0.480 e. The number of carboxylic acids is 1. The van der Waals surface area contributed by atoms with Crippen molar-refractivity contribution < 1.29 is 14.7 Å². The highest BCUT2D eigenvalue weighted by molar-refractivity contribution is 5.82. The van der Waals surface area contributed by atoms with Gasteiger partial charge in [0.1, 0.15) is 6.04 Å². The van der Waals surface area contributed by atoms with Gasteiger partial charge >= 0.3 is 12.0 Å². The third-order valence-electron chi connectivity index (χ3n) is 2.77. The second-order valence-corrected chi connectivity index (χ2v) is 5.15. The first-order valence-corrected chi connectivity index (χ1v) is 6.54. The summed E-state index contributed by atoms with van der Waals surface area (Å²) >= 11 is 0. The van der Waals surface area contributed by atoms with E-state index in [2.05, 4.69) is 10.3 Å². The summed E-state index contributed by atoms with van der Waals surface area (Å²) in [5.41, 5.74) is 0.751. The normalized spacial score (nSPS) is 12.0. The van der Waals surface area contributed by atoms with Gasteiger partial charge in [0.2, 0.25) is 0 Å². The van der Waals surface area contributed by atoms with Crippen LogP contribution in [0.15, 0.2) is 24.4 Å². The molecule has 0 aliphatic heterocycles. The van der Waals surface area contributed by atoms with Gasteiger partial charge in [0.05, 0.1) is 12.2 Å². The number of rotatable bonds is 6. The van der Waals surface area contributed by atoms with Crippen LogP contribution in [0.3, 0.4) is 0 Å². The largest absolute Gasteiger partial charge is 0.480 e. The van der Waals surface area contributed by atoms with Crippen LogP contribution in [0, 0.1) is 5.92 Å². The fourth-order valence-corrected chi connectivity index (χ4v) is 1.76. The molecule has 1 aromatic rings. The molecule has 0 aliphatic rings. The van der Waals surface area contributed by atoms with Gasteiger partial charge in [-0.3, -0.25) is 4.98 Å². The average molecular weight is 279 g/mol. The standard InChI is InChI=1S/C14H21N3O3/c1-10(2)8-12(13(18)19)16-14(20)17(3)9-11-6-4-5-7-15-11/h4-7,10,12H,8-9H2,1-3H3,(H,16,20)(H,18,19)/t12-/m1/s1. The lowest BCUT2D eigenvalue weighted by molar-refractivity contribution is -0.139. The maximum absolute atomic E-state index is 12.0. The number of carbonyl (C=O) groups is 2. The van der Waals surface area contributed by atoms with E-state index in [1.54, 1.807) is 19.3 Å². The van der Waals surface area contributed by atoms with Crippen molar-refractivity contribution in [1.82, 2.24) is 15.2 Å². The number of nitrogens with one attached hydrogen (secondary N) is 1. The Morgan fingerprint density at radius 1 is 1.40 bits per heavy atom. The number of urea groups is 1. The molecular weight excluding hydrogens is 258 g/mol. The second kappa shape index (κ2) is 7.47. The Morgan fingerprint density at radius 2 is 2.10 bits per heavy atom. The lowest BCUT2D eigenvalue weighted by Crippen LogP contribution is -2.47. The van der Waals surface area contributed by atoms with Crippen LogP contribution in [-0.4, -0.2) is 40.1 Å². The van der Waals surface area contributed by atoms with E-state index in [-0.39, 0.29) is 5.92 Å². The number of pyridine rings is 1. The minimum atomic E-state index is -1.02. The predicted molar refractivity (Wildman–Crippen MR) is 75.1 cm³/mol. The average Bonchev–Trinajstić information content (AvgIpc) is 2.38. The van der Waals surface area contributed by atoms with Gasteiger partial charge in [-0.25, -0.2) is 9.59 Å². The van der Waals surface area contributed by atoms with E-state index in [1.165, 1.54) is 4.90 Å². The molecule has 0 spiro atoms. The summed E-state index contributed by atoms with van der Waals surface area (Å²) < 4.78 is 0. The molecule has 0 aliphatic carbocycles. The summed E-state index contributed by atoms with van der Waals surface area (Å²) in [4.78, 5) is 28.6. The van der Waals surface area contributed by atoms with E-state index in [4.69, 9.17) is 5.11 Å². The zero-order chi connectivity index (χ0) is 15.1. The zero-order valence-corrected chi connectivity index (χ0v) is 12.0. The van der Waals surface area contributed by atoms with Gasteiger partial charge in [0, 0.05) is 13.2 Å². The van der Waals surface area contributed by atoms with Crippen molar-refractivity contribution in [3.8, 4) is 0 Å². The number of aliphatic carboxylic acids is 1. The maximum Gasteiger partial charge on any atom is 0.326 e. The van der Waals surface area contributed by atoms with Crippen molar-refractivity contribution in [2.75, 3.05) is 7.05 Å². The first-order chi connectivity index (χ1) is 9.40. The molecule has 0 unspecified atom stereocenters. The number of hydrogen-bond donors (Lipinski definition) is 2. The summed E-state index contributed by atoms with van der Waals surface area (Å²) in [6.07, 6.45) is 2.05. The van der Waals surface area contributed by atoms with Crippen molar-refractivity contribution in [3.63, 3.8) is 0 Å². The monoisotopic (exact) mass is 279 g/mol. The Hall–Kier alpha value is -2.11. The quantitative estimate of drug-likeness (QED) is 0.830. The first-order valence-electron chi connectivity index (χ1n) is 6.54. The third kappa shape index (κ3) is 5.26. The van der Waals surface area contributed by atoms with Crippen LogP contribution < -0.4 is 5.32 Å². The molecular formula is C14H21N3O3. The predicted octanol–water partition coefficient (Wildman–Crippen LogP) is 1.72. The van der Waals surface area contributed by atoms with E-state index in [0.717, 1.165) is 5.69 Å². The van der Waals surface area contributed by atoms with Gasteiger partial charge in [0.15, 0.2) is 0 Å². The molecule has 1 atom stereocenters. The van der Waals surface area contributed by atoms with Crippen LogP contribution in [0.25, 0.3) is 0 Å². The fourth-order valence-electron chi connectivity index (χ4n) is 1.76. The SMILES string of the molecule is CC(C)C[C@@H](NC(=O)N(C)Cc1ccccn1)C(=O)O. The number of aromatic nitrogens is 1. The maximum atomic E-state index is 12.0. The van der Waals surface area contributed by atoms with Crippen LogP contribution in [0.4, 0.5) is 4.79 Å². The number of carbonyl (C=O) groups excluding carboxylic acids is 1. The van der Waals surface area contributed by atoms with Crippen molar-refractivity contribution in [2.24, 2.45) is 5.92 Å². The molecule has 0 saturated carbocycles. The van der Waals surface area contributed by atoms with Gasteiger partial charge in [-0.2, -0.15) is 0 Å². The molecule has 2 amide bonds. The van der Waals surface area contributed by atoms with Crippen LogP contribution in [0.5, 0.6) is 0 Å². The molecule has 2 N–H and O–H groups in total. The van der Waals surface area contributed by atoms with Crippen LogP contribution in [0.2, 0.25) is 0 Å². The molecule has 20 heavy (non-hydrogen) atoms. The topological polar surface area (TPSA) is 82.5 Å². The van der Waals surface area contributed by atoms with E-state index in [9.17, 15) is 9.59 Å². The first kappa shape index (κ1) is 15.9. The van der Waals surface area contributed by atoms with Crippen LogP contribution in [0.1, 0.15) is 26.0 Å². The summed E-state index contributed by atoms with van der Waals surface area (Å²) in [7, 11) is 1.61. The number of amides is 2. The highest BCUT2D eigenvalue weighted by Gasteiger charge is 2.22. The van der Waals surface area contributed by atoms with Gasteiger partial charge in [-0.05, 0) is 24.5 Å². The van der Waals surface area contributed by atoms with E-state index >= 15 is 0 Å². The molecule has 0 saturated heterocycles. The molecule has 110 valence electrons. The van der Waals surface area contributed by atoms with Gasteiger partial charge < -0.3 is 15.3 Å².